The van der Waals surface area contributed by atoms with Gasteiger partial charge in [-0.05, 0) is 0 Å². The Kier molecular flexibility index (Phi) is 7.06. The lowest BCUT2D eigenvalue weighted by Crippen LogP contribution is -2.47. The lowest BCUT2D eigenvalue weighted by atomic mass is 10.0. The molecule has 0 aliphatic carbocycles. The average molecular weight is 504 g/mol. The van der Waals surface area contributed by atoms with Crippen molar-refractivity contribution in [3.8, 4) is 0 Å². The van der Waals surface area contributed by atoms with Crippen LogP contribution >= 0.6 is 23.5 Å². The molecule has 6 N–H and O–H groups in total. The van der Waals surface area contributed by atoms with E-state index >= 15 is 0 Å². The van der Waals surface area contributed by atoms with Gasteiger partial charge in [0.1, 0.15) is 12.8 Å². The third-order valence-electron chi connectivity index (χ3n) is 3.38. The molecule has 172 valence electrons. The Bertz CT molecular complexity index is 1050. The second kappa shape index (κ2) is 8.43. The summed E-state index contributed by atoms with van der Waals surface area (Å²) in [6.07, 6.45) is -7.06. The summed E-state index contributed by atoms with van der Waals surface area (Å²) < 4.78 is 77.9. The van der Waals surface area contributed by atoms with E-state index in [-0.39, 0.29) is 4.57 Å². The van der Waals surface area contributed by atoms with Crippen LogP contribution in [0.4, 0.5) is 8.78 Å². The molecule has 1 aromatic heterocycles. The van der Waals surface area contributed by atoms with Gasteiger partial charge in [-0.25, -0.2) is 27.3 Å². The number of ether oxygens (including phenoxy) is 1. The minimum absolute atomic E-state index is 0.268. The molecule has 2 rings (SSSR count). The quantitative estimate of drug-likeness (QED) is 0.227. The molecule has 0 saturated carbocycles. The topological polar surface area (TPSA) is 244 Å². The Balaban J connectivity index is 2.29. The van der Waals surface area contributed by atoms with Gasteiger partial charge in [0.25, 0.3) is 5.56 Å². The molecule has 2 heterocycles. The van der Waals surface area contributed by atoms with Crippen molar-refractivity contribution in [3.63, 3.8) is 0 Å². The van der Waals surface area contributed by atoms with Gasteiger partial charge in [0.2, 0.25) is 12.0 Å². The van der Waals surface area contributed by atoms with Crippen LogP contribution in [0.1, 0.15) is 6.23 Å². The molecule has 0 radical (unpaired) electrons. The number of rotatable bonds is 8. The molecule has 1 aliphatic rings. The van der Waals surface area contributed by atoms with Crippen LogP contribution in [0.2, 0.25) is 0 Å². The Morgan fingerprint density at radius 1 is 1.17 bits per heavy atom. The molecule has 1 aliphatic heterocycles. The van der Waals surface area contributed by atoms with Crippen LogP contribution in [-0.2, 0) is 31.6 Å². The molecule has 0 spiro atoms. The van der Waals surface area contributed by atoms with Gasteiger partial charge in [-0.15, -0.1) is 0 Å². The summed E-state index contributed by atoms with van der Waals surface area (Å²) in [5.74, 6) is 0. The Morgan fingerprint density at radius 3 is 2.27 bits per heavy atom. The maximum absolute atomic E-state index is 14.9. The van der Waals surface area contributed by atoms with Crippen molar-refractivity contribution in [2.24, 2.45) is 0 Å². The maximum atomic E-state index is 14.9. The second-order valence-corrected chi connectivity index (χ2v) is 9.95. The predicted molar refractivity (Wildman–Crippen MR) is 86.0 cm³/mol. The molecular weight excluding hydrogens is 491 g/mol. The number of hydrogen-bond donors (Lipinski definition) is 6. The standard InChI is InChI=1S/C9H13F2N2O14P3/c10-3-9(11)5(15)6(24-7(9)13-2-1-4(14)12-8(13)16)25-29(20,21)27-30(22,23)26-28(17,18)19/h1-2,5-7,15H,3H2,(H,20,21)(H,22,23)(H,12,14,16)(H2,17,18,19)/t5?,6-,7-,9-/m1/s1. The van der Waals surface area contributed by atoms with E-state index in [0.717, 1.165) is 0 Å². The molecule has 1 fully saturated rings. The zero-order valence-electron chi connectivity index (χ0n) is 14.0. The third kappa shape index (κ3) is 5.76. The van der Waals surface area contributed by atoms with Crippen molar-refractivity contribution < 1.29 is 65.0 Å². The van der Waals surface area contributed by atoms with Gasteiger partial charge in [-0.3, -0.25) is 18.9 Å². The van der Waals surface area contributed by atoms with E-state index in [1.165, 1.54) is 0 Å². The molecule has 0 aromatic carbocycles. The van der Waals surface area contributed by atoms with Crippen molar-refractivity contribution >= 4 is 23.5 Å². The monoisotopic (exact) mass is 504 g/mol. The molecule has 1 saturated heterocycles. The van der Waals surface area contributed by atoms with Gasteiger partial charge in [0.05, 0.1) is 0 Å². The number of H-pyrrole nitrogens is 1. The smallest absolute Gasteiger partial charge is 0.384 e. The summed E-state index contributed by atoms with van der Waals surface area (Å²) >= 11 is 0. The van der Waals surface area contributed by atoms with Crippen LogP contribution in [-0.4, -0.2) is 59.0 Å². The first kappa shape index (κ1) is 25.1. The summed E-state index contributed by atoms with van der Waals surface area (Å²) in [4.78, 5) is 59.9. The maximum Gasteiger partial charge on any atom is 0.490 e. The zero-order chi connectivity index (χ0) is 23.1. The summed E-state index contributed by atoms with van der Waals surface area (Å²) in [6, 6.07) is 0.700. The largest absolute Gasteiger partial charge is 0.490 e. The lowest BCUT2D eigenvalue weighted by molar-refractivity contribution is -0.135. The first-order valence-corrected chi connectivity index (χ1v) is 11.7. The lowest BCUT2D eigenvalue weighted by Gasteiger charge is -2.25. The summed E-state index contributed by atoms with van der Waals surface area (Å²) in [5, 5.41) is 9.91. The normalized spacial score (nSPS) is 31.2. The second-order valence-electron chi connectivity index (χ2n) is 5.58. The fourth-order valence-electron chi connectivity index (χ4n) is 2.25. The first-order valence-electron chi connectivity index (χ1n) is 7.22. The van der Waals surface area contributed by atoms with E-state index in [0.29, 0.717) is 12.3 Å². The number of aromatic nitrogens is 2. The van der Waals surface area contributed by atoms with Gasteiger partial charge in [-0.1, -0.05) is 0 Å². The number of aliphatic hydroxyl groups excluding tert-OH is 1. The molecule has 0 amide bonds. The highest BCUT2D eigenvalue weighted by molar-refractivity contribution is 7.66. The summed E-state index contributed by atoms with van der Waals surface area (Å²) in [5.41, 5.74) is -5.74. The van der Waals surface area contributed by atoms with Crippen molar-refractivity contribution in [1.29, 1.82) is 0 Å². The van der Waals surface area contributed by atoms with Gasteiger partial charge in [-0.2, -0.15) is 8.62 Å². The predicted octanol–water partition coefficient (Wildman–Crippen LogP) is -1.23. The van der Waals surface area contributed by atoms with Crippen molar-refractivity contribution in [3.05, 3.63) is 33.1 Å². The molecule has 1 aromatic rings. The van der Waals surface area contributed by atoms with Gasteiger partial charge in [0.15, 0.2) is 6.23 Å². The number of phosphoric ester groups is 1. The van der Waals surface area contributed by atoms with E-state index < -0.39 is 65.7 Å². The SMILES string of the molecule is O=c1ccn([C@@H]2O[C@H](OP(=O)(O)OP(=O)(O)OP(=O)(O)O)C(O)[C@]2(F)CF)c(=O)[nH]1. The summed E-state index contributed by atoms with van der Waals surface area (Å²) in [6.45, 7) is -2.04. The van der Waals surface area contributed by atoms with Crippen molar-refractivity contribution in [2.75, 3.05) is 6.67 Å². The highest BCUT2D eigenvalue weighted by Gasteiger charge is 2.61. The van der Waals surface area contributed by atoms with E-state index in [1.807, 2.05) is 0 Å². The first-order chi connectivity index (χ1) is 13.5. The number of alkyl halides is 2. The van der Waals surface area contributed by atoms with E-state index in [9.17, 15) is 42.1 Å². The number of aromatic amines is 1. The minimum atomic E-state index is -5.94. The molecule has 6 atom stereocenters. The van der Waals surface area contributed by atoms with Crippen LogP contribution in [0.15, 0.2) is 21.9 Å². The van der Waals surface area contributed by atoms with Gasteiger partial charge >= 0.3 is 29.2 Å². The number of aliphatic hydroxyl groups is 1. The van der Waals surface area contributed by atoms with Crippen LogP contribution in [0.3, 0.4) is 0 Å². The van der Waals surface area contributed by atoms with Crippen LogP contribution in [0.5, 0.6) is 0 Å². The Hall–Kier alpha value is -1.13. The van der Waals surface area contributed by atoms with Crippen molar-refractivity contribution in [2.45, 2.75) is 24.3 Å². The number of nitrogens with zero attached hydrogens (tertiary/aromatic N) is 1. The molecule has 3 unspecified atom stereocenters. The third-order valence-corrected chi connectivity index (χ3v) is 7.19. The average Bonchev–Trinajstić information content (AvgIpc) is 2.76. The fourth-order valence-corrected chi connectivity index (χ4v) is 5.34. The highest BCUT2D eigenvalue weighted by Crippen LogP contribution is 2.67. The van der Waals surface area contributed by atoms with Gasteiger partial charge < -0.3 is 29.4 Å². The number of hydrogen-bond acceptors (Lipinski definition) is 10. The molecule has 0 bridgehead atoms. The number of phosphoric acid groups is 3. The molecular formula is C9H13F2N2O14P3. The zero-order valence-corrected chi connectivity index (χ0v) is 16.7. The number of nitrogens with one attached hydrogen (secondary N) is 1. The van der Waals surface area contributed by atoms with Crippen molar-refractivity contribution in [1.82, 2.24) is 9.55 Å². The Labute approximate surface area is 163 Å². The van der Waals surface area contributed by atoms with Gasteiger partial charge in [0, 0.05) is 12.3 Å². The Morgan fingerprint density at radius 2 is 1.77 bits per heavy atom. The highest BCUT2D eigenvalue weighted by atomic mass is 31.3. The van der Waals surface area contributed by atoms with Crippen LogP contribution in [0, 0.1) is 0 Å². The van der Waals surface area contributed by atoms with Crippen LogP contribution in [0.25, 0.3) is 0 Å². The molecule has 30 heavy (non-hydrogen) atoms. The minimum Gasteiger partial charge on any atom is -0.384 e. The number of halogens is 2. The van der Waals surface area contributed by atoms with E-state index in [4.69, 9.17) is 19.4 Å². The van der Waals surface area contributed by atoms with Crippen LogP contribution < -0.4 is 11.2 Å². The van der Waals surface area contributed by atoms with E-state index in [2.05, 4.69) is 13.1 Å². The summed E-state index contributed by atoms with van der Waals surface area (Å²) in [7, 11) is -17.5. The fraction of sp³-hybridized carbons (Fsp3) is 0.556. The molecule has 16 nitrogen and oxygen atoms in total. The molecule has 21 heteroatoms. The van der Waals surface area contributed by atoms with E-state index in [1.54, 1.807) is 4.98 Å².